The molecule has 1 aromatic rings. The van der Waals surface area contributed by atoms with Gasteiger partial charge in [0.05, 0.1) is 16.8 Å². The molecule has 0 saturated carbocycles. The highest BCUT2D eigenvalue weighted by atomic mass is 35.5. The Bertz CT molecular complexity index is 450. The number of amides is 2. The largest absolute Gasteiger partial charge is 0.481 e. The van der Waals surface area contributed by atoms with Gasteiger partial charge in [-0.05, 0) is 18.6 Å². The minimum absolute atomic E-state index is 0.220. The SMILES string of the molecule is CC(CCNC(=O)N(C)Cc1ccc(Cl)s1)C(=O)O. The zero-order valence-corrected chi connectivity index (χ0v) is 12.4. The predicted octanol–water partition coefficient (Wildman–Crippen LogP) is 2.65. The van der Waals surface area contributed by atoms with Crippen LogP contribution in [0.15, 0.2) is 12.1 Å². The molecule has 106 valence electrons. The Labute approximate surface area is 121 Å². The van der Waals surface area contributed by atoms with Gasteiger partial charge in [0.15, 0.2) is 0 Å². The fourth-order valence-corrected chi connectivity index (χ4v) is 2.54. The number of nitrogens with one attached hydrogen (secondary N) is 1. The molecule has 0 aromatic carbocycles. The Balaban J connectivity index is 2.31. The van der Waals surface area contributed by atoms with Crippen molar-refractivity contribution < 1.29 is 14.7 Å². The molecule has 0 saturated heterocycles. The number of hydrogen-bond donors (Lipinski definition) is 2. The molecule has 19 heavy (non-hydrogen) atoms. The van der Waals surface area contributed by atoms with Gasteiger partial charge >= 0.3 is 12.0 Å². The lowest BCUT2D eigenvalue weighted by atomic mass is 10.1. The molecule has 2 amide bonds. The van der Waals surface area contributed by atoms with Gasteiger partial charge in [0.25, 0.3) is 0 Å². The van der Waals surface area contributed by atoms with E-state index >= 15 is 0 Å². The Hall–Kier alpha value is -1.27. The second-order valence-corrected chi connectivity index (χ2v) is 6.12. The maximum atomic E-state index is 11.7. The summed E-state index contributed by atoms with van der Waals surface area (Å²) in [7, 11) is 1.68. The molecule has 0 aliphatic rings. The maximum absolute atomic E-state index is 11.7. The molecule has 5 nitrogen and oxygen atoms in total. The van der Waals surface area contributed by atoms with Crippen LogP contribution in [0.25, 0.3) is 0 Å². The second-order valence-electron chi connectivity index (χ2n) is 4.32. The van der Waals surface area contributed by atoms with E-state index in [0.29, 0.717) is 23.8 Å². The zero-order chi connectivity index (χ0) is 14.4. The monoisotopic (exact) mass is 304 g/mol. The molecule has 1 unspecified atom stereocenters. The van der Waals surface area contributed by atoms with E-state index < -0.39 is 11.9 Å². The van der Waals surface area contributed by atoms with Crippen LogP contribution in [0.3, 0.4) is 0 Å². The van der Waals surface area contributed by atoms with Gasteiger partial charge in [0.1, 0.15) is 0 Å². The van der Waals surface area contributed by atoms with Gasteiger partial charge in [-0.2, -0.15) is 0 Å². The first-order chi connectivity index (χ1) is 8.90. The lowest BCUT2D eigenvalue weighted by molar-refractivity contribution is -0.141. The van der Waals surface area contributed by atoms with E-state index in [1.807, 2.05) is 6.07 Å². The highest BCUT2D eigenvalue weighted by Gasteiger charge is 2.13. The van der Waals surface area contributed by atoms with Crippen LogP contribution in [0.1, 0.15) is 18.2 Å². The van der Waals surface area contributed by atoms with Crippen molar-refractivity contribution in [3.05, 3.63) is 21.3 Å². The van der Waals surface area contributed by atoms with Gasteiger partial charge in [0.2, 0.25) is 0 Å². The summed E-state index contributed by atoms with van der Waals surface area (Å²) < 4.78 is 0.694. The molecule has 7 heteroatoms. The molecule has 1 heterocycles. The van der Waals surface area contributed by atoms with Crippen molar-refractivity contribution in [3.63, 3.8) is 0 Å². The number of carboxylic acid groups (broad SMARTS) is 1. The number of aliphatic carboxylic acids is 1. The molecule has 1 rings (SSSR count). The quantitative estimate of drug-likeness (QED) is 0.849. The van der Waals surface area contributed by atoms with Crippen LogP contribution >= 0.6 is 22.9 Å². The minimum Gasteiger partial charge on any atom is -0.481 e. The first-order valence-electron chi connectivity index (χ1n) is 5.86. The van der Waals surface area contributed by atoms with Gasteiger partial charge in [-0.3, -0.25) is 4.79 Å². The van der Waals surface area contributed by atoms with Crippen molar-refractivity contribution >= 4 is 34.9 Å². The van der Waals surface area contributed by atoms with Crippen LogP contribution in [0.2, 0.25) is 4.34 Å². The number of hydrogen-bond acceptors (Lipinski definition) is 3. The van der Waals surface area contributed by atoms with Crippen molar-refractivity contribution in [2.24, 2.45) is 5.92 Å². The average Bonchev–Trinajstić information content (AvgIpc) is 2.74. The van der Waals surface area contributed by atoms with Gasteiger partial charge < -0.3 is 15.3 Å². The molecule has 0 spiro atoms. The number of thiophene rings is 1. The molecule has 0 radical (unpaired) electrons. The van der Waals surface area contributed by atoms with Crippen LogP contribution in [0.4, 0.5) is 4.79 Å². The summed E-state index contributed by atoms with van der Waals surface area (Å²) >= 11 is 7.25. The molecule has 1 atom stereocenters. The van der Waals surface area contributed by atoms with E-state index in [1.54, 1.807) is 20.0 Å². The fraction of sp³-hybridized carbons (Fsp3) is 0.500. The van der Waals surface area contributed by atoms with E-state index in [2.05, 4.69) is 5.32 Å². The Kier molecular flexibility index (Phi) is 6.11. The van der Waals surface area contributed by atoms with Gasteiger partial charge in [-0.15, -0.1) is 11.3 Å². The third-order valence-corrected chi connectivity index (χ3v) is 3.86. The Morgan fingerprint density at radius 2 is 2.21 bits per heavy atom. The summed E-state index contributed by atoms with van der Waals surface area (Å²) in [6, 6.07) is 3.45. The van der Waals surface area contributed by atoms with Crippen molar-refractivity contribution in [2.45, 2.75) is 19.9 Å². The predicted molar refractivity (Wildman–Crippen MR) is 75.6 cm³/mol. The number of rotatable bonds is 6. The first-order valence-corrected chi connectivity index (χ1v) is 7.05. The molecular formula is C12H17ClN2O3S. The molecule has 2 N–H and O–H groups in total. The van der Waals surface area contributed by atoms with Crippen LogP contribution in [-0.4, -0.2) is 35.6 Å². The lowest BCUT2D eigenvalue weighted by Gasteiger charge is -2.17. The minimum atomic E-state index is -0.851. The lowest BCUT2D eigenvalue weighted by Crippen LogP contribution is -2.37. The van der Waals surface area contributed by atoms with Crippen LogP contribution in [0.5, 0.6) is 0 Å². The molecular weight excluding hydrogens is 288 g/mol. The highest BCUT2D eigenvalue weighted by Crippen LogP contribution is 2.22. The summed E-state index contributed by atoms with van der Waals surface area (Å²) in [5.74, 6) is -1.31. The van der Waals surface area contributed by atoms with E-state index in [4.69, 9.17) is 16.7 Å². The fourth-order valence-electron chi connectivity index (χ4n) is 1.40. The second kappa shape index (κ2) is 7.35. The highest BCUT2D eigenvalue weighted by molar-refractivity contribution is 7.16. The summed E-state index contributed by atoms with van der Waals surface area (Å²) in [5, 5.41) is 11.4. The van der Waals surface area contributed by atoms with Crippen molar-refractivity contribution in [2.75, 3.05) is 13.6 Å². The van der Waals surface area contributed by atoms with E-state index in [9.17, 15) is 9.59 Å². The van der Waals surface area contributed by atoms with Crippen molar-refractivity contribution in [1.29, 1.82) is 0 Å². The summed E-state index contributed by atoms with van der Waals surface area (Å²) in [4.78, 5) is 24.9. The Morgan fingerprint density at radius 1 is 1.53 bits per heavy atom. The van der Waals surface area contributed by atoms with Gasteiger partial charge in [-0.25, -0.2) is 4.79 Å². The molecule has 0 aliphatic carbocycles. The molecule has 0 fully saturated rings. The number of carbonyl (C=O) groups excluding carboxylic acids is 1. The van der Waals surface area contributed by atoms with Crippen molar-refractivity contribution in [3.8, 4) is 0 Å². The van der Waals surface area contributed by atoms with E-state index in [1.165, 1.54) is 16.2 Å². The first kappa shape index (κ1) is 15.8. The standard InChI is InChI=1S/C12H17ClN2O3S/c1-8(11(16)17)5-6-14-12(18)15(2)7-9-3-4-10(13)19-9/h3-4,8H,5-7H2,1-2H3,(H,14,18)(H,16,17). The van der Waals surface area contributed by atoms with Gasteiger partial charge in [-0.1, -0.05) is 18.5 Å². The van der Waals surface area contributed by atoms with E-state index in [-0.39, 0.29) is 6.03 Å². The smallest absolute Gasteiger partial charge is 0.317 e. The number of carboxylic acids is 1. The number of urea groups is 1. The third kappa shape index (κ3) is 5.48. The topological polar surface area (TPSA) is 69.6 Å². The molecule has 0 aliphatic heterocycles. The van der Waals surface area contributed by atoms with E-state index in [0.717, 1.165) is 4.88 Å². The molecule has 0 bridgehead atoms. The zero-order valence-electron chi connectivity index (χ0n) is 10.9. The average molecular weight is 305 g/mol. The third-order valence-electron chi connectivity index (χ3n) is 2.64. The van der Waals surface area contributed by atoms with Crippen LogP contribution in [0, 0.1) is 5.92 Å². The normalized spacial score (nSPS) is 11.9. The summed E-state index contributed by atoms with van der Waals surface area (Å²) in [5.41, 5.74) is 0. The Morgan fingerprint density at radius 3 is 2.74 bits per heavy atom. The summed E-state index contributed by atoms with van der Waals surface area (Å²) in [6.45, 7) is 2.45. The van der Waals surface area contributed by atoms with Crippen LogP contribution in [-0.2, 0) is 11.3 Å². The van der Waals surface area contributed by atoms with Gasteiger partial charge in [0, 0.05) is 18.5 Å². The maximum Gasteiger partial charge on any atom is 0.317 e. The number of halogens is 1. The van der Waals surface area contributed by atoms with Crippen LogP contribution < -0.4 is 5.32 Å². The number of carbonyl (C=O) groups is 2. The molecule has 1 aromatic heterocycles. The van der Waals surface area contributed by atoms with Crippen molar-refractivity contribution in [1.82, 2.24) is 10.2 Å². The number of nitrogens with zero attached hydrogens (tertiary/aromatic N) is 1. The summed E-state index contributed by atoms with van der Waals surface area (Å²) in [6.07, 6.45) is 0.416.